The van der Waals surface area contributed by atoms with Crippen LogP contribution in [0.1, 0.15) is 18.2 Å². The smallest absolute Gasteiger partial charge is 0.191 e. The van der Waals surface area contributed by atoms with E-state index in [1.807, 2.05) is 48.3 Å². The zero-order valence-electron chi connectivity index (χ0n) is 15.3. The number of aliphatic imine (C=N–C) groups is 1. The molecule has 0 saturated heterocycles. The van der Waals surface area contributed by atoms with Crippen LogP contribution in [0.5, 0.6) is 0 Å². The second-order valence-corrected chi connectivity index (χ2v) is 5.99. The summed E-state index contributed by atoms with van der Waals surface area (Å²) in [5, 5.41) is 11.2. The third-order valence-electron chi connectivity index (χ3n) is 3.95. The van der Waals surface area contributed by atoms with E-state index in [1.54, 1.807) is 6.26 Å². The van der Waals surface area contributed by atoms with Gasteiger partial charge in [-0.2, -0.15) is 5.10 Å². The van der Waals surface area contributed by atoms with Gasteiger partial charge in [0, 0.05) is 43.9 Å². The van der Waals surface area contributed by atoms with Crippen LogP contribution in [-0.4, -0.2) is 28.8 Å². The largest absolute Gasteiger partial charge is 0.469 e. The molecule has 0 saturated carbocycles. The van der Waals surface area contributed by atoms with Gasteiger partial charge >= 0.3 is 0 Å². The number of furan rings is 1. The van der Waals surface area contributed by atoms with Crippen molar-refractivity contribution >= 4 is 5.96 Å². The molecular formula is C20H25N5O. The van der Waals surface area contributed by atoms with Crippen molar-refractivity contribution in [3.8, 4) is 11.3 Å². The molecule has 0 atom stereocenters. The van der Waals surface area contributed by atoms with E-state index in [1.165, 1.54) is 0 Å². The van der Waals surface area contributed by atoms with E-state index in [9.17, 15) is 0 Å². The third-order valence-corrected chi connectivity index (χ3v) is 3.95. The minimum Gasteiger partial charge on any atom is -0.469 e. The molecule has 2 N–H and O–H groups in total. The lowest BCUT2D eigenvalue weighted by Crippen LogP contribution is -2.38. The number of hydrogen-bond acceptors (Lipinski definition) is 3. The predicted molar refractivity (Wildman–Crippen MR) is 104 cm³/mol. The van der Waals surface area contributed by atoms with Gasteiger partial charge in [0.05, 0.1) is 18.5 Å². The molecule has 136 valence electrons. The van der Waals surface area contributed by atoms with Crippen molar-refractivity contribution in [3.05, 3.63) is 66.2 Å². The van der Waals surface area contributed by atoms with Gasteiger partial charge in [0.25, 0.3) is 0 Å². The second kappa shape index (κ2) is 8.89. The second-order valence-electron chi connectivity index (χ2n) is 5.99. The van der Waals surface area contributed by atoms with Crippen LogP contribution in [-0.2, 0) is 20.0 Å². The molecule has 0 fully saturated rings. The molecular weight excluding hydrogens is 326 g/mol. The maximum atomic E-state index is 5.36. The Balaban J connectivity index is 1.67. The van der Waals surface area contributed by atoms with Crippen molar-refractivity contribution in [3.63, 3.8) is 0 Å². The molecule has 0 aliphatic heterocycles. The fourth-order valence-corrected chi connectivity index (χ4v) is 2.76. The minimum absolute atomic E-state index is 0.564. The molecule has 3 aromatic rings. The van der Waals surface area contributed by atoms with E-state index in [2.05, 4.69) is 34.8 Å². The predicted octanol–water partition coefficient (Wildman–Crippen LogP) is 2.98. The van der Waals surface area contributed by atoms with Gasteiger partial charge in [0.1, 0.15) is 5.76 Å². The summed E-state index contributed by atoms with van der Waals surface area (Å²) >= 11 is 0. The number of benzene rings is 1. The highest BCUT2D eigenvalue weighted by atomic mass is 16.3. The first-order valence-electron chi connectivity index (χ1n) is 8.88. The molecule has 0 radical (unpaired) electrons. The first kappa shape index (κ1) is 17.8. The Morgan fingerprint density at radius 2 is 2.00 bits per heavy atom. The highest BCUT2D eigenvalue weighted by Crippen LogP contribution is 2.22. The van der Waals surface area contributed by atoms with E-state index in [4.69, 9.17) is 9.41 Å². The Kier molecular flexibility index (Phi) is 6.09. The molecule has 1 aromatic carbocycles. The lowest BCUT2D eigenvalue weighted by molar-refractivity contribution is 0.507. The van der Waals surface area contributed by atoms with Gasteiger partial charge in [0.2, 0.25) is 0 Å². The van der Waals surface area contributed by atoms with Gasteiger partial charge in [-0.05, 0) is 19.1 Å². The Hall–Kier alpha value is -3.02. The fraction of sp³-hybridized carbons (Fsp3) is 0.300. The number of nitrogens with one attached hydrogen (secondary N) is 2. The molecule has 0 amide bonds. The van der Waals surface area contributed by atoms with Crippen LogP contribution in [0.3, 0.4) is 0 Å². The van der Waals surface area contributed by atoms with Crippen LogP contribution in [0, 0.1) is 0 Å². The third kappa shape index (κ3) is 4.75. The molecule has 3 rings (SSSR count). The topological polar surface area (TPSA) is 67.4 Å². The van der Waals surface area contributed by atoms with E-state index in [0.29, 0.717) is 6.54 Å². The number of rotatable bonds is 7. The van der Waals surface area contributed by atoms with Gasteiger partial charge in [-0.25, -0.2) is 4.99 Å². The monoisotopic (exact) mass is 351 g/mol. The minimum atomic E-state index is 0.564. The molecule has 6 nitrogen and oxygen atoms in total. The summed E-state index contributed by atoms with van der Waals surface area (Å²) in [4.78, 5) is 4.71. The van der Waals surface area contributed by atoms with E-state index in [0.717, 1.165) is 48.1 Å². The average Bonchev–Trinajstić information content (AvgIpc) is 3.30. The quantitative estimate of drug-likeness (QED) is 0.507. The fourth-order valence-electron chi connectivity index (χ4n) is 2.76. The van der Waals surface area contributed by atoms with Crippen LogP contribution in [0.15, 0.2) is 64.3 Å². The Morgan fingerprint density at radius 1 is 1.15 bits per heavy atom. The van der Waals surface area contributed by atoms with Gasteiger partial charge in [-0.3, -0.25) is 4.68 Å². The number of aryl methyl sites for hydroxylation is 1. The number of aromatic nitrogens is 2. The summed E-state index contributed by atoms with van der Waals surface area (Å²) in [6, 6.07) is 14.1. The molecule has 0 aliphatic rings. The Morgan fingerprint density at radius 3 is 2.73 bits per heavy atom. The first-order chi connectivity index (χ1) is 12.8. The van der Waals surface area contributed by atoms with Crippen molar-refractivity contribution < 1.29 is 4.42 Å². The highest BCUT2D eigenvalue weighted by Gasteiger charge is 2.10. The van der Waals surface area contributed by atoms with E-state index >= 15 is 0 Å². The molecule has 0 bridgehead atoms. The molecule has 0 spiro atoms. The SMILES string of the molecule is CCNC(=NCc1cn(C)nc1-c1ccccc1)NCCc1ccco1. The standard InChI is InChI=1S/C20H25N5O/c1-3-21-20(22-12-11-18-10-7-13-26-18)23-14-17-15-25(2)24-19(17)16-8-5-4-6-9-16/h4-10,13,15H,3,11-12,14H2,1-2H3,(H2,21,22,23). The number of guanidine groups is 1. The van der Waals surface area contributed by atoms with Crippen LogP contribution in [0.25, 0.3) is 11.3 Å². The summed E-state index contributed by atoms with van der Waals surface area (Å²) in [5.41, 5.74) is 3.18. The molecule has 0 unspecified atom stereocenters. The summed E-state index contributed by atoms with van der Waals surface area (Å²) in [6.07, 6.45) is 4.54. The van der Waals surface area contributed by atoms with Gasteiger partial charge in [-0.1, -0.05) is 30.3 Å². The summed E-state index contributed by atoms with van der Waals surface area (Å²) in [7, 11) is 1.94. The maximum Gasteiger partial charge on any atom is 0.191 e. The van der Waals surface area contributed by atoms with Crippen LogP contribution >= 0.6 is 0 Å². The average molecular weight is 351 g/mol. The molecule has 2 aromatic heterocycles. The van der Waals surface area contributed by atoms with Crippen LogP contribution < -0.4 is 10.6 Å². The van der Waals surface area contributed by atoms with Crippen molar-refractivity contribution in [2.24, 2.45) is 12.0 Å². The van der Waals surface area contributed by atoms with Gasteiger partial charge < -0.3 is 15.1 Å². The normalized spacial score (nSPS) is 11.5. The summed E-state index contributed by atoms with van der Waals surface area (Å²) in [6.45, 7) is 4.19. The molecule has 0 aliphatic carbocycles. The van der Waals surface area contributed by atoms with Crippen molar-refractivity contribution in [1.82, 2.24) is 20.4 Å². The number of hydrogen-bond donors (Lipinski definition) is 2. The Labute approximate surface area is 153 Å². The first-order valence-corrected chi connectivity index (χ1v) is 8.88. The van der Waals surface area contributed by atoms with Crippen molar-refractivity contribution in [2.45, 2.75) is 19.9 Å². The summed E-state index contributed by atoms with van der Waals surface area (Å²) < 4.78 is 7.20. The van der Waals surface area contributed by atoms with Crippen molar-refractivity contribution in [2.75, 3.05) is 13.1 Å². The van der Waals surface area contributed by atoms with E-state index < -0.39 is 0 Å². The van der Waals surface area contributed by atoms with E-state index in [-0.39, 0.29) is 0 Å². The van der Waals surface area contributed by atoms with Gasteiger partial charge in [-0.15, -0.1) is 0 Å². The summed E-state index contributed by atoms with van der Waals surface area (Å²) in [5.74, 6) is 1.76. The van der Waals surface area contributed by atoms with Crippen LogP contribution in [0.2, 0.25) is 0 Å². The van der Waals surface area contributed by atoms with Crippen LogP contribution in [0.4, 0.5) is 0 Å². The van der Waals surface area contributed by atoms with Crippen molar-refractivity contribution in [1.29, 1.82) is 0 Å². The Bertz CT molecular complexity index is 821. The number of nitrogens with zero attached hydrogens (tertiary/aromatic N) is 3. The van der Waals surface area contributed by atoms with Gasteiger partial charge in [0.15, 0.2) is 5.96 Å². The maximum absolute atomic E-state index is 5.36. The molecule has 26 heavy (non-hydrogen) atoms. The highest BCUT2D eigenvalue weighted by molar-refractivity contribution is 5.79. The molecule has 2 heterocycles. The lowest BCUT2D eigenvalue weighted by atomic mass is 10.1. The zero-order chi connectivity index (χ0) is 18.2. The lowest BCUT2D eigenvalue weighted by Gasteiger charge is -2.10. The molecule has 6 heteroatoms. The zero-order valence-corrected chi connectivity index (χ0v) is 15.3.